The highest BCUT2D eigenvalue weighted by Gasteiger charge is 2.48. The lowest BCUT2D eigenvalue weighted by Crippen LogP contribution is -2.64. The summed E-state index contributed by atoms with van der Waals surface area (Å²) in [5, 5.41) is 2.79. The number of carbonyl (C=O) groups excluding carboxylic acids is 2. The van der Waals surface area contributed by atoms with Crippen molar-refractivity contribution in [1.82, 2.24) is 15.3 Å². The summed E-state index contributed by atoms with van der Waals surface area (Å²) in [6.07, 6.45) is 6.30. The lowest BCUT2D eigenvalue weighted by molar-refractivity contribution is -0.134. The number of aromatic nitrogens is 2. The van der Waals surface area contributed by atoms with Gasteiger partial charge in [-0.15, -0.1) is 0 Å². The van der Waals surface area contributed by atoms with Gasteiger partial charge in [0.05, 0.1) is 5.69 Å². The summed E-state index contributed by atoms with van der Waals surface area (Å²) in [7, 11) is 0. The Kier molecular flexibility index (Phi) is 5.81. The third kappa shape index (κ3) is 3.56. The molecule has 0 spiro atoms. The van der Waals surface area contributed by atoms with E-state index in [0.717, 1.165) is 6.42 Å². The summed E-state index contributed by atoms with van der Waals surface area (Å²) in [6.45, 7) is 7.16. The van der Waals surface area contributed by atoms with E-state index in [1.165, 1.54) is 6.92 Å². The molecular weight excluding hydrogens is 268 g/mol. The molecule has 0 saturated heterocycles. The molecule has 116 valence electrons. The Morgan fingerprint density at radius 3 is 2.43 bits per heavy atom. The highest BCUT2D eigenvalue weighted by Crippen LogP contribution is 2.36. The topological polar surface area (TPSA) is 98.0 Å². The number of amides is 2. The molecule has 0 saturated carbocycles. The van der Waals surface area contributed by atoms with Crippen LogP contribution in [0.3, 0.4) is 0 Å². The minimum absolute atomic E-state index is 0.169. The number of nitrogens with one attached hydrogen (secondary N) is 1. The van der Waals surface area contributed by atoms with Crippen molar-refractivity contribution in [2.45, 2.75) is 52.0 Å². The summed E-state index contributed by atoms with van der Waals surface area (Å²) in [5.74, 6) is -1.31. The van der Waals surface area contributed by atoms with Gasteiger partial charge in [-0.05, 0) is 12.3 Å². The standard InChI is InChI=1S/C15H24N4O2/c1-5-6-12(13-9-17-7-8-18-13)15(10(2)3,14(16)21)19-11(4)20/h7-10,12H,5-6H2,1-4H3,(H2,16,21)(H,19,20). The van der Waals surface area contributed by atoms with Gasteiger partial charge in [-0.25, -0.2) is 0 Å². The molecule has 21 heavy (non-hydrogen) atoms. The van der Waals surface area contributed by atoms with Crippen molar-refractivity contribution in [3.8, 4) is 0 Å². The van der Waals surface area contributed by atoms with E-state index < -0.39 is 11.4 Å². The van der Waals surface area contributed by atoms with Gasteiger partial charge in [-0.2, -0.15) is 0 Å². The number of nitrogens with zero attached hydrogens (tertiary/aromatic N) is 2. The van der Waals surface area contributed by atoms with Gasteiger partial charge in [0, 0.05) is 31.4 Å². The fourth-order valence-corrected chi connectivity index (χ4v) is 2.83. The van der Waals surface area contributed by atoms with Gasteiger partial charge in [0.2, 0.25) is 11.8 Å². The molecule has 1 rings (SSSR count). The molecule has 0 aliphatic rings. The first-order valence-electron chi connectivity index (χ1n) is 7.20. The number of rotatable bonds is 7. The Bertz CT molecular complexity index is 490. The first-order chi connectivity index (χ1) is 9.86. The maximum absolute atomic E-state index is 12.2. The van der Waals surface area contributed by atoms with Crippen LogP contribution in [0.1, 0.15) is 52.1 Å². The normalized spacial score (nSPS) is 15.3. The monoisotopic (exact) mass is 292 g/mol. The molecule has 2 amide bonds. The predicted octanol–water partition coefficient (Wildman–Crippen LogP) is 1.38. The summed E-state index contributed by atoms with van der Waals surface area (Å²) in [6, 6.07) is 0. The maximum Gasteiger partial charge on any atom is 0.244 e. The van der Waals surface area contributed by atoms with Crippen LogP contribution in [0.4, 0.5) is 0 Å². The molecule has 2 unspecified atom stereocenters. The Hall–Kier alpha value is -1.98. The van der Waals surface area contributed by atoms with E-state index in [2.05, 4.69) is 15.3 Å². The van der Waals surface area contributed by atoms with E-state index in [9.17, 15) is 9.59 Å². The average molecular weight is 292 g/mol. The van der Waals surface area contributed by atoms with Crippen molar-refractivity contribution in [3.63, 3.8) is 0 Å². The quantitative estimate of drug-likeness (QED) is 0.793. The Morgan fingerprint density at radius 2 is 2.05 bits per heavy atom. The Balaban J connectivity index is 3.42. The van der Waals surface area contributed by atoms with Gasteiger partial charge >= 0.3 is 0 Å². The van der Waals surface area contributed by atoms with Crippen molar-refractivity contribution in [1.29, 1.82) is 0 Å². The summed E-state index contributed by atoms with van der Waals surface area (Å²) < 4.78 is 0. The smallest absolute Gasteiger partial charge is 0.244 e. The highest BCUT2D eigenvalue weighted by molar-refractivity contribution is 5.91. The molecule has 0 radical (unpaired) electrons. The van der Waals surface area contributed by atoms with Crippen molar-refractivity contribution in [2.24, 2.45) is 11.7 Å². The summed E-state index contributed by atoms with van der Waals surface area (Å²) in [5.41, 5.74) is 5.19. The fraction of sp³-hybridized carbons (Fsp3) is 0.600. The highest BCUT2D eigenvalue weighted by atomic mass is 16.2. The molecule has 0 aromatic carbocycles. The van der Waals surface area contributed by atoms with Crippen molar-refractivity contribution in [3.05, 3.63) is 24.3 Å². The molecule has 1 aromatic heterocycles. The van der Waals surface area contributed by atoms with E-state index in [-0.39, 0.29) is 17.7 Å². The van der Waals surface area contributed by atoms with Crippen LogP contribution in [0, 0.1) is 5.92 Å². The number of nitrogens with two attached hydrogens (primary N) is 1. The number of carbonyl (C=O) groups is 2. The van der Waals surface area contributed by atoms with Crippen LogP contribution in [0.15, 0.2) is 18.6 Å². The van der Waals surface area contributed by atoms with Crippen molar-refractivity contribution in [2.75, 3.05) is 0 Å². The van der Waals surface area contributed by atoms with Crippen molar-refractivity contribution < 1.29 is 9.59 Å². The van der Waals surface area contributed by atoms with Gasteiger partial charge in [0.1, 0.15) is 5.54 Å². The van der Waals surface area contributed by atoms with Crippen LogP contribution in [0.2, 0.25) is 0 Å². The minimum atomic E-state index is -1.17. The van der Waals surface area contributed by atoms with Gasteiger partial charge in [0.25, 0.3) is 0 Å². The Labute approximate surface area is 125 Å². The van der Waals surface area contributed by atoms with Gasteiger partial charge < -0.3 is 11.1 Å². The minimum Gasteiger partial charge on any atom is -0.368 e. The fourth-order valence-electron chi connectivity index (χ4n) is 2.83. The number of hydrogen-bond donors (Lipinski definition) is 2. The lowest BCUT2D eigenvalue weighted by Gasteiger charge is -2.41. The van der Waals surface area contributed by atoms with Crippen LogP contribution in [0.5, 0.6) is 0 Å². The molecule has 0 aliphatic heterocycles. The molecule has 0 aliphatic carbocycles. The van der Waals surface area contributed by atoms with Gasteiger partial charge in [-0.3, -0.25) is 19.6 Å². The van der Waals surface area contributed by atoms with Gasteiger partial charge in [0.15, 0.2) is 0 Å². The predicted molar refractivity (Wildman–Crippen MR) is 80.3 cm³/mol. The number of hydrogen-bond acceptors (Lipinski definition) is 4. The van der Waals surface area contributed by atoms with E-state index in [0.29, 0.717) is 12.1 Å². The average Bonchev–Trinajstić information content (AvgIpc) is 2.42. The van der Waals surface area contributed by atoms with E-state index in [1.807, 2.05) is 20.8 Å². The molecule has 1 aromatic rings. The second kappa shape index (κ2) is 7.15. The summed E-state index contributed by atoms with van der Waals surface area (Å²) >= 11 is 0. The van der Waals surface area contributed by atoms with Crippen LogP contribution in [0.25, 0.3) is 0 Å². The molecule has 6 heteroatoms. The SMILES string of the molecule is CCCC(c1cnccn1)C(NC(C)=O)(C(N)=O)C(C)C. The second-order valence-corrected chi connectivity index (χ2v) is 5.54. The zero-order valence-corrected chi connectivity index (χ0v) is 13.1. The van der Waals surface area contributed by atoms with E-state index in [1.54, 1.807) is 18.6 Å². The van der Waals surface area contributed by atoms with E-state index >= 15 is 0 Å². The molecular formula is C15H24N4O2. The molecule has 1 heterocycles. The third-order valence-corrected chi connectivity index (χ3v) is 3.77. The van der Waals surface area contributed by atoms with Crippen LogP contribution >= 0.6 is 0 Å². The molecule has 3 N–H and O–H groups in total. The van der Waals surface area contributed by atoms with Crippen LogP contribution in [-0.2, 0) is 9.59 Å². The molecule has 0 bridgehead atoms. The maximum atomic E-state index is 12.2. The van der Waals surface area contributed by atoms with E-state index in [4.69, 9.17) is 5.73 Å². The number of primary amides is 1. The second-order valence-electron chi connectivity index (χ2n) is 5.54. The zero-order valence-electron chi connectivity index (χ0n) is 13.1. The largest absolute Gasteiger partial charge is 0.368 e. The Morgan fingerprint density at radius 1 is 1.38 bits per heavy atom. The zero-order chi connectivity index (χ0) is 16.0. The summed E-state index contributed by atoms with van der Waals surface area (Å²) in [4.78, 5) is 32.3. The third-order valence-electron chi connectivity index (χ3n) is 3.77. The molecule has 2 atom stereocenters. The van der Waals surface area contributed by atoms with Crippen LogP contribution in [-0.4, -0.2) is 27.3 Å². The molecule has 6 nitrogen and oxygen atoms in total. The van der Waals surface area contributed by atoms with Crippen LogP contribution < -0.4 is 11.1 Å². The first kappa shape index (κ1) is 17.1. The van der Waals surface area contributed by atoms with Gasteiger partial charge in [-0.1, -0.05) is 27.2 Å². The lowest BCUT2D eigenvalue weighted by atomic mass is 9.71. The first-order valence-corrected chi connectivity index (χ1v) is 7.20. The van der Waals surface area contributed by atoms with Crippen molar-refractivity contribution >= 4 is 11.8 Å². The molecule has 0 fully saturated rings.